The van der Waals surface area contributed by atoms with E-state index in [1.807, 2.05) is 22.6 Å². The van der Waals surface area contributed by atoms with Gasteiger partial charge in [0.25, 0.3) is 0 Å². The van der Waals surface area contributed by atoms with Crippen molar-refractivity contribution < 1.29 is 0 Å². The lowest BCUT2D eigenvalue weighted by molar-refractivity contribution is 0.530. The number of anilines is 1. The molecule has 0 fully saturated rings. The van der Waals surface area contributed by atoms with E-state index in [0.29, 0.717) is 0 Å². The maximum absolute atomic E-state index is 6.30. The van der Waals surface area contributed by atoms with Crippen LogP contribution in [0.3, 0.4) is 0 Å². The van der Waals surface area contributed by atoms with Gasteiger partial charge in [-0.25, -0.2) is 0 Å². The number of rotatable bonds is 18. The Hall–Kier alpha value is -0.690. The monoisotopic (exact) mass is 379 g/mol. The lowest BCUT2D eigenvalue weighted by Gasteiger charge is -2.15. The average Bonchev–Trinajstić information content (AvgIpc) is 2.68. The molecule has 0 saturated carbocycles. The van der Waals surface area contributed by atoms with Crippen LogP contribution in [-0.2, 0) is 0 Å². The summed E-state index contributed by atoms with van der Waals surface area (Å²) in [5.74, 6) is 0. The first-order valence-corrected chi connectivity index (χ1v) is 11.7. The van der Waals surface area contributed by atoms with E-state index in [9.17, 15) is 0 Å². The minimum Gasteiger partial charge on any atom is -0.285 e. The van der Waals surface area contributed by atoms with Crippen molar-refractivity contribution in [2.75, 3.05) is 11.0 Å². The van der Waals surface area contributed by atoms with Crippen LogP contribution in [0.5, 0.6) is 0 Å². The van der Waals surface area contributed by atoms with E-state index in [2.05, 4.69) is 19.1 Å². The molecule has 0 N–H and O–H groups in total. The van der Waals surface area contributed by atoms with Gasteiger partial charge in [0, 0.05) is 18.3 Å². The molecule has 0 aliphatic heterocycles. The van der Waals surface area contributed by atoms with E-state index in [0.717, 1.165) is 12.2 Å². The highest BCUT2D eigenvalue weighted by Crippen LogP contribution is 2.17. The molecule has 0 bridgehead atoms. The number of unbranched alkanes of at least 4 members (excludes halogenated alkanes) is 15. The molecule has 0 atom stereocenters. The van der Waals surface area contributed by atoms with Gasteiger partial charge in [0.15, 0.2) is 0 Å². The van der Waals surface area contributed by atoms with Gasteiger partial charge in [0.1, 0.15) is 0 Å². The fraction of sp³-hybridized carbons (Fsp3) is 0.750. The van der Waals surface area contributed by atoms with Gasteiger partial charge in [0.2, 0.25) is 0 Å². The Morgan fingerprint density at radius 2 is 0.962 bits per heavy atom. The van der Waals surface area contributed by atoms with Gasteiger partial charge in [-0.3, -0.25) is 4.42 Å². The SMILES string of the molecule is CCCCCCCCCCCCCCCCCCN(Cl)c1ccccc1. The third kappa shape index (κ3) is 13.5. The van der Waals surface area contributed by atoms with Crippen LogP contribution in [0.2, 0.25) is 0 Å². The van der Waals surface area contributed by atoms with Crippen molar-refractivity contribution in [3.63, 3.8) is 0 Å². The molecule has 0 heterocycles. The molecule has 1 aromatic carbocycles. The van der Waals surface area contributed by atoms with Crippen molar-refractivity contribution in [3.05, 3.63) is 30.3 Å². The smallest absolute Gasteiger partial charge is 0.0523 e. The highest BCUT2D eigenvalue weighted by molar-refractivity contribution is 6.25. The Balaban J connectivity index is 1.76. The van der Waals surface area contributed by atoms with Crippen LogP contribution in [0.1, 0.15) is 110 Å². The normalized spacial score (nSPS) is 11.0. The van der Waals surface area contributed by atoms with Crippen LogP contribution in [-0.4, -0.2) is 6.54 Å². The van der Waals surface area contributed by atoms with Gasteiger partial charge < -0.3 is 0 Å². The fourth-order valence-corrected chi connectivity index (χ4v) is 3.75. The van der Waals surface area contributed by atoms with Crippen molar-refractivity contribution in [1.82, 2.24) is 0 Å². The van der Waals surface area contributed by atoms with Crippen LogP contribution in [0.25, 0.3) is 0 Å². The zero-order chi connectivity index (χ0) is 18.7. The van der Waals surface area contributed by atoms with Gasteiger partial charge in [0.05, 0.1) is 5.69 Å². The molecule has 1 nitrogen and oxygen atoms in total. The first kappa shape index (κ1) is 23.3. The number of benzene rings is 1. The Labute approximate surface area is 168 Å². The average molecular weight is 380 g/mol. The zero-order valence-electron chi connectivity index (χ0n) is 17.2. The van der Waals surface area contributed by atoms with Crippen LogP contribution < -0.4 is 4.42 Å². The molecular formula is C24H42ClN. The van der Waals surface area contributed by atoms with Crippen LogP contribution in [0, 0.1) is 0 Å². The summed E-state index contributed by atoms with van der Waals surface area (Å²) >= 11 is 6.30. The maximum atomic E-state index is 6.30. The summed E-state index contributed by atoms with van der Waals surface area (Å²) in [6.45, 7) is 3.24. The van der Waals surface area contributed by atoms with E-state index in [4.69, 9.17) is 11.8 Å². The second-order valence-corrected chi connectivity index (χ2v) is 8.13. The molecular weight excluding hydrogens is 338 g/mol. The topological polar surface area (TPSA) is 3.24 Å². The highest BCUT2D eigenvalue weighted by Gasteiger charge is 2.01. The summed E-state index contributed by atoms with van der Waals surface area (Å²) in [7, 11) is 0. The molecule has 1 rings (SSSR count). The number of para-hydroxylation sites is 1. The van der Waals surface area contributed by atoms with Crippen LogP contribution >= 0.6 is 11.8 Å². The molecule has 0 spiro atoms. The van der Waals surface area contributed by atoms with E-state index in [1.165, 1.54) is 103 Å². The number of halogens is 1. The van der Waals surface area contributed by atoms with E-state index in [1.54, 1.807) is 0 Å². The molecule has 0 aliphatic carbocycles. The summed E-state index contributed by atoms with van der Waals surface area (Å²) < 4.78 is 1.85. The fourth-order valence-electron chi connectivity index (χ4n) is 3.52. The summed E-state index contributed by atoms with van der Waals surface area (Å²) in [4.78, 5) is 0. The minimum absolute atomic E-state index is 0.948. The van der Waals surface area contributed by atoms with Crippen molar-refractivity contribution >= 4 is 17.5 Å². The Morgan fingerprint density at radius 3 is 1.38 bits per heavy atom. The van der Waals surface area contributed by atoms with Gasteiger partial charge in [-0.15, -0.1) is 0 Å². The first-order valence-electron chi connectivity index (χ1n) is 11.3. The van der Waals surface area contributed by atoms with Gasteiger partial charge in [-0.05, 0) is 18.6 Å². The van der Waals surface area contributed by atoms with Gasteiger partial charge >= 0.3 is 0 Å². The van der Waals surface area contributed by atoms with E-state index < -0.39 is 0 Å². The molecule has 0 aliphatic rings. The molecule has 2 heteroatoms. The van der Waals surface area contributed by atoms with Crippen LogP contribution in [0.4, 0.5) is 5.69 Å². The summed E-state index contributed by atoms with van der Waals surface area (Å²) in [5.41, 5.74) is 1.11. The number of hydrogen-bond acceptors (Lipinski definition) is 1. The van der Waals surface area contributed by atoms with Crippen molar-refractivity contribution in [1.29, 1.82) is 0 Å². The third-order valence-corrected chi connectivity index (χ3v) is 5.61. The standard InChI is InChI=1S/C24H42ClN/c1-2-3-4-5-6-7-8-9-10-11-12-13-14-15-16-20-23-26(25)24-21-18-17-19-22-24/h17-19,21-22H,2-16,20,23H2,1H3. The first-order chi connectivity index (χ1) is 12.8. The third-order valence-electron chi connectivity index (χ3n) is 5.24. The number of nitrogens with zero attached hydrogens (tertiary/aromatic N) is 1. The largest absolute Gasteiger partial charge is 0.285 e. The lowest BCUT2D eigenvalue weighted by atomic mass is 10.0. The number of hydrogen-bond donors (Lipinski definition) is 0. The summed E-state index contributed by atoms with van der Waals surface area (Å²) in [5, 5.41) is 0. The van der Waals surface area contributed by atoms with Gasteiger partial charge in [-0.1, -0.05) is 121 Å². The second kappa shape index (κ2) is 17.7. The van der Waals surface area contributed by atoms with Gasteiger partial charge in [-0.2, -0.15) is 0 Å². The Morgan fingerprint density at radius 1 is 0.577 bits per heavy atom. The minimum atomic E-state index is 0.948. The summed E-state index contributed by atoms with van der Waals surface area (Å²) in [6, 6.07) is 10.2. The molecule has 0 aromatic heterocycles. The molecule has 0 radical (unpaired) electrons. The molecule has 0 unspecified atom stereocenters. The predicted molar refractivity (Wildman–Crippen MR) is 119 cm³/mol. The van der Waals surface area contributed by atoms with E-state index in [-0.39, 0.29) is 0 Å². The van der Waals surface area contributed by atoms with Crippen molar-refractivity contribution in [2.24, 2.45) is 0 Å². The molecule has 0 amide bonds. The Bertz CT molecular complexity index is 392. The van der Waals surface area contributed by atoms with E-state index >= 15 is 0 Å². The maximum Gasteiger partial charge on any atom is 0.0523 e. The molecule has 1 aromatic rings. The molecule has 150 valence electrons. The molecule has 26 heavy (non-hydrogen) atoms. The molecule has 0 saturated heterocycles. The quantitative estimate of drug-likeness (QED) is 0.182. The van der Waals surface area contributed by atoms with Crippen molar-refractivity contribution in [2.45, 2.75) is 110 Å². The Kier molecular flexibility index (Phi) is 15.9. The highest BCUT2D eigenvalue weighted by atomic mass is 35.5. The summed E-state index contributed by atoms with van der Waals surface area (Å²) in [6.07, 6.45) is 22.5. The van der Waals surface area contributed by atoms with Crippen LogP contribution in [0.15, 0.2) is 30.3 Å². The predicted octanol–water partition coefficient (Wildman–Crippen LogP) is 8.91. The lowest BCUT2D eigenvalue weighted by Crippen LogP contribution is -2.11. The second-order valence-electron chi connectivity index (χ2n) is 7.72. The zero-order valence-corrected chi connectivity index (χ0v) is 18.0. The van der Waals surface area contributed by atoms with Crippen molar-refractivity contribution in [3.8, 4) is 0 Å².